The van der Waals surface area contributed by atoms with Crippen LogP contribution in [0.25, 0.3) is 0 Å². The average molecular weight is 212 g/mol. The van der Waals surface area contributed by atoms with Crippen molar-refractivity contribution < 1.29 is 14.6 Å². The minimum absolute atomic E-state index is 0.246. The van der Waals surface area contributed by atoms with Crippen molar-refractivity contribution in [3.8, 4) is 0 Å². The van der Waals surface area contributed by atoms with Crippen LogP contribution >= 0.6 is 11.8 Å². The molecule has 0 bridgehead atoms. The van der Waals surface area contributed by atoms with Gasteiger partial charge in [0.25, 0.3) is 0 Å². The summed E-state index contributed by atoms with van der Waals surface area (Å²) >= 11 is 1.67. The molecule has 76 valence electrons. The smallest absolute Gasteiger partial charge is 0.329 e. The average Bonchev–Trinajstić information content (AvgIpc) is 2.18. The van der Waals surface area contributed by atoms with Crippen LogP contribution in [0.4, 0.5) is 0 Å². The Morgan fingerprint density at radius 1 is 1.43 bits per heavy atom. The van der Waals surface area contributed by atoms with Crippen LogP contribution in [0.5, 0.6) is 0 Å². The number of carboxylic acid groups (broad SMARTS) is 1. The number of ether oxygens (including phenoxy) is 1. The van der Waals surface area contributed by atoms with E-state index >= 15 is 0 Å². The molecule has 0 aromatic heterocycles. The lowest BCUT2D eigenvalue weighted by molar-refractivity contribution is -0.142. The number of benzene rings is 1. The Labute approximate surface area is 87.1 Å². The van der Waals surface area contributed by atoms with Crippen molar-refractivity contribution in [1.29, 1.82) is 0 Å². The highest BCUT2D eigenvalue weighted by Gasteiger charge is 1.97. The highest BCUT2D eigenvalue weighted by Crippen LogP contribution is 2.15. The van der Waals surface area contributed by atoms with Crippen molar-refractivity contribution in [2.75, 3.05) is 12.9 Å². The van der Waals surface area contributed by atoms with Gasteiger partial charge in [-0.3, -0.25) is 0 Å². The molecule has 3 nitrogen and oxygen atoms in total. The molecular weight excluding hydrogens is 200 g/mol. The Balaban J connectivity index is 2.40. The fourth-order valence-corrected chi connectivity index (χ4v) is 1.39. The summed E-state index contributed by atoms with van der Waals surface area (Å²) in [7, 11) is 0. The van der Waals surface area contributed by atoms with E-state index in [1.807, 2.05) is 30.5 Å². The minimum Gasteiger partial charge on any atom is -0.480 e. The molecule has 0 amide bonds. The van der Waals surface area contributed by atoms with Gasteiger partial charge in [-0.1, -0.05) is 12.1 Å². The van der Waals surface area contributed by atoms with Crippen molar-refractivity contribution in [3.63, 3.8) is 0 Å². The van der Waals surface area contributed by atoms with E-state index in [0.29, 0.717) is 6.61 Å². The first-order valence-electron chi connectivity index (χ1n) is 4.15. The van der Waals surface area contributed by atoms with E-state index in [9.17, 15) is 4.79 Å². The second-order valence-corrected chi connectivity index (χ2v) is 3.61. The predicted octanol–water partition coefficient (Wildman–Crippen LogP) is 2.01. The molecule has 0 radical (unpaired) electrons. The lowest BCUT2D eigenvalue weighted by Gasteiger charge is -2.02. The van der Waals surface area contributed by atoms with E-state index in [1.165, 1.54) is 4.90 Å². The number of aliphatic carboxylic acids is 1. The van der Waals surface area contributed by atoms with Gasteiger partial charge < -0.3 is 9.84 Å². The molecule has 1 rings (SSSR count). The molecule has 0 unspecified atom stereocenters. The fraction of sp³-hybridized carbons (Fsp3) is 0.300. The molecule has 1 N–H and O–H groups in total. The summed E-state index contributed by atoms with van der Waals surface area (Å²) in [6, 6.07) is 7.86. The van der Waals surface area contributed by atoms with Gasteiger partial charge in [-0.25, -0.2) is 4.79 Å². The van der Waals surface area contributed by atoms with Crippen LogP contribution in [0.2, 0.25) is 0 Å². The van der Waals surface area contributed by atoms with E-state index in [2.05, 4.69) is 0 Å². The summed E-state index contributed by atoms with van der Waals surface area (Å²) in [5.41, 5.74) is 0.990. The number of rotatable bonds is 5. The lowest BCUT2D eigenvalue weighted by Crippen LogP contribution is -2.06. The summed E-state index contributed by atoms with van der Waals surface area (Å²) in [4.78, 5) is 11.3. The number of hydrogen-bond acceptors (Lipinski definition) is 3. The highest BCUT2D eigenvalue weighted by molar-refractivity contribution is 7.98. The molecule has 0 aliphatic carbocycles. The second-order valence-electron chi connectivity index (χ2n) is 2.73. The van der Waals surface area contributed by atoms with Crippen molar-refractivity contribution in [2.24, 2.45) is 0 Å². The Morgan fingerprint density at radius 2 is 2.07 bits per heavy atom. The van der Waals surface area contributed by atoms with Gasteiger partial charge in [-0.05, 0) is 24.0 Å². The Morgan fingerprint density at radius 3 is 2.57 bits per heavy atom. The Bertz CT molecular complexity index is 295. The van der Waals surface area contributed by atoms with Gasteiger partial charge in [-0.15, -0.1) is 11.8 Å². The van der Waals surface area contributed by atoms with Crippen molar-refractivity contribution in [3.05, 3.63) is 29.8 Å². The third kappa shape index (κ3) is 3.81. The molecule has 0 spiro atoms. The van der Waals surface area contributed by atoms with E-state index in [1.54, 1.807) is 11.8 Å². The van der Waals surface area contributed by atoms with E-state index in [4.69, 9.17) is 9.84 Å². The summed E-state index contributed by atoms with van der Waals surface area (Å²) in [6.45, 7) is 0.102. The molecule has 0 aliphatic heterocycles. The van der Waals surface area contributed by atoms with Crippen LogP contribution in [0.3, 0.4) is 0 Å². The molecule has 1 aromatic rings. The first-order valence-corrected chi connectivity index (χ1v) is 5.37. The normalized spacial score (nSPS) is 10.1. The van der Waals surface area contributed by atoms with E-state index in [-0.39, 0.29) is 6.61 Å². The zero-order valence-electron chi connectivity index (χ0n) is 7.90. The number of carboxylic acids is 1. The highest BCUT2D eigenvalue weighted by atomic mass is 32.2. The second kappa shape index (κ2) is 5.67. The van der Waals surface area contributed by atoms with Crippen LogP contribution in [0, 0.1) is 0 Å². The fourth-order valence-electron chi connectivity index (χ4n) is 0.978. The molecule has 1 aromatic carbocycles. The van der Waals surface area contributed by atoms with Gasteiger partial charge in [0.2, 0.25) is 0 Å². The van der Waals surface area contributed by atoms with Crippen LogP contribution in [0.15, 0.2) is 29.2 Å². The SMILES string of the molecule is CSc1ccc(COCC(=O)O)cc1. The molecule has 0 aliphatic rings. The molecular formula is C10H12O3S. The summed E-state index contributed by atoms with van der Waals surface area (Å²) in [5.74, 6) is -0.939. The van der Waals surface area contributed by atoms with E-state index < -0.39 is 5.97 Å². The Kier molecular flexibility index (Phi) is 4.49. The third-order valence-electron chi connectivity index (χ3n) is 1.65. The summed E-state index contributed by atoms with van der Waals surface area (Å²) < 4.78 is 4.95. The predicted molar refractivity (Wildman–Crippen MR) is 55.5 cm³/mol. The van der Waals surface area contributed by atoms with Gasteiger partial charge in [0, 0.05) is 4.90 Å². The van der Waals surface area contributed by atoms with Gasteiger partial charge in [0.1, 0.15) is 6.61 Å². The molecule has 0 heterocycles. The quantitative estimate of drug-likeness (QED) is 0.758. The van der Waals surface area contributed by atoms with Crippen LogP contribution in [-0.4, -0.2) is 23.9 Å². The minimum atomic E-state index is -0.939. The van der Waals surface area contributed by atoms with E-state index in [0.717, 1.165) is 5.56 Å². The van der Waals surface area contributed by atoms with Crippen molar-refractivity contribution in [2.45, 2.75) is 11.5 Å². The van der Waals surface area contributed by atoms with Crippen LogP contribution in [-0.2, 0) is 16.1 Å². The third-order valence-corrected chi connectivity index (χ3v) is 2.40. The molecule has 4 heteroatoms. The largest absolute Gasteiger partial charge is 0.480 e. The lowest BCUT2D eigenvalue weighted by atomic mass is 10.2. The van der Waals surface area contributed by atoms with Crippen LogP contribution < -0.4 is 0 Å². The standard InChI is InChI=1S/C10H12O3S/c1-14-9-4-2-8(3-5-9)6-13-7-10(11)12/h2-5H,6-7H2,1H3,(H,11,12). The number of thioether (sulfide) groups is 1. The number of hydrogen-bond donors (Lipinski definition) is 1. The van der Waals surface area contributed by atoms with Gasteiger partial charge in [-0.2, -0.15) is 0 Å². The topological polar surface area (TPSA) is 46.5 Å². The Hall–Kier alpha value is -1.00. The molecule has 0 saturated heterocycles. The maximum atomic E-state index is 10.2. The maximum absolute atomic E-state index is 10.2. The summed E-state index contributed by atoms with van der Waals surface area (Å²) in [5, 5.41) is 8.35. The molecule has 0 saturated carbocycles. The summed E-state index contributed by atoms with van der Waals surface area (Å²) in [6.07, 6.45) is 2.01. The first-order chi connectivity index (χ1) is 6.72. The number of carbonyl (C=O) groups is 1. The van der Waals surface area contributed by atoms with Crippen molar-refractivity contribution in [1.82, 2.24) is 0 Å². The zero-order chi connectivity index (χ0) is 10.4. The first kappa shape index (κ1) is 11.1. The van der Waals surface area contributed by atoms with Gasteiger partial charge in [0.05, 0.1) is 6.61 Å². The maximum Gasteiger partial charge on any atom is 0.329 e. The van der Waals surface area contributed by atoms with Gasteiger partial charge >= 0.3 is 5.97 Å². The van der Waals surface area contributed by atoms with Crippen molar-refractivity contribution >= 4 is 17.7 Å². The monoisotopic (exact) mass is 212 g/mol. The molecule has 0 fully saturated rings. The van der Waals surface area contributed by atoms with Gasteiger partial charge in [0.15, 0.2) is 0 Å². The molecule has 14 heavy (non-hydrogen) atoms. The molecule has 0 atom stereocenters. The zero-order valence-corrected chi connectivity index (χ0v) is 8.71. The van der Waals surface area contributed by atoms with Crippen LogP contribution in [0.1, 0.15) is 5.56 Å².